The van der Waals surface area contributed by atoms with Crippen LogP contribution in [0.3, 0.4) is 0 Å². The molecule has 0 bridgehead atoms. The van der Waals surface area contributed by atoms with Crippen molar-refractivity contribution in [3.05, 3.63) is 320 Å². The van der Waals surface area contributed by atoms with Gasteiger partial charge in [-0.1, -0.05) is 152 Å². The van der Waals surface area contributed by atoms with Crippen molar-refractivity contribution in [3.8, 4) is 78.5 Å². The van der Waals surface area contributed by atoms with Gasteiger partial charge in [0.15, 0.2) is 0 Å². The van der Waals surface area contributed by atoms with Gasteiger partial charge in [0.05, 0.1) is 5.69 Å². The molecule has 12 rings (SSSR count). The summed E-state index contributed by atoms with van der Waals surface area (Å²) in [4.78, 5) is 21.8. The zero-order valence-corrected chi connectivity index (χ0v) is 55.7. The van der Waals surface area contributed by atoms with E-state index in [1.165, 1.54) is 33.4 Å². The number of aromatic nitrogens is 5. The Bertz CT molecular complexity index is 3760. The Morgan fingerprint density at radius 1 is 0.363 bits per heavy atom. The van der Waals surface area contributed by atoms with Crippen molar-refractivity contribution < 1.29 is 76.6 Å². The largest absolute Gasteiger partial charge is 0.522 e. The second kappa shape index (κ2) is 42.2. The van der Waals surface area contributed by atoms with E-state index in [4.69, 9.17) is 23.2 Å². The molecule has 0 aliphatic rings. The molecule has 3 N–H and O–H groups in total. The summed E-state index contributed by atoms with van der Waals surface area (Å²) in [6.45, 7) is 8.14. The molecule has 10 nitrogen and oxygen atoms in total. The number of aryl methyl sites for hydroxylation is 4. The second-order valence-electron chi connectivity index (χ2n) is 18.5. The number of aliphatic hydroxyl groups excluding tert-OH is 2. The summed E-state index contributed by atoms with van der Waals surface area (Å²) in [5.74, 6) is 0. The van der Waals surface area contributed by atoms with E-state index >= 15 is 0 Å². The number of alkyl halides is 3. The van der Waals surface area contributed by atoms with Crippen molar-refractivity contribution in [2.45, 2.75) is 40.6 Å². The van der Waals surface area contributed by atoms with Crippen LogP contribution in [-0.4, -0.2) is 67.8 Å². The summed E-state index contributed by atoms with van der Waals surface area (Å²) in [6, 6.07) is 97.9. The van der Waals surface area contributed by atoms with Crippen LogP contribution in [0.2, 0.25) is 0 Å². The maximum atomic E-state index is 10.7. The van der Waals surface area contributed by atoms with Gasteiger partial charge in [0.2, 0.25) is 0 Å². The molecule has 0 aliphatic heterocycles. The van der Waals surface area contributed by atoms with Gasteiger partial charge in [0.25, 0.3) is 0 Å². The van der Waals surface area contributed by atoms with Gasteiger partial charge in [-0.05, 0) is 104 Å². The van der Waals surface area contributed by atoms with E-state index in [0.717, 1.165) is 81.9 Å². The second-order valence-corrected chi connectivity index (χ2v) is 19.9. The molecule has 91 heavy (non-hydrogen) atoms. The first kappa shape index (κ1) is 78.3. The van der Waals surface area contributed by atoms with Crippen LogP contribution in [0.4, 0.5) is 13.2 Å². The molecule has 12 aromatic rings. The maximum absolute atomic E-state index is 10.7. The Morgan fingerprint density at radius 3 is 1.10 bits per heavy atom. The first-order valence-electron chi connectivity index (χ1n) is 27.3. The zero-order valence-electron chi connectivity index (χ0n) is 50.1. The smallest absolute Gasteiger partial charge is 0.400 e. The van der Waals surface area contributed by atoms with Crippen LogP contribution in [0.15, 0.2) is 273 Å². The van der Waals surface area contributed by atoms with Crippen LogP contribution in [0.1, 0.15) is 29.9 Å². The molecule has 0 atom stereocenters. The number of halogens is 3. The predicted molar refractivity (Wildman–Crippen MR) is 354 cm³/mol. The molecule has 0 saturated carbocycles. The molecule has 0 unspecified atom stereocenters. The SMILES string of the molecule is C.CO.CO.Cc1cccc(-c2[c-]cccc2)n1.Cc1cccc(-c2[c-]cccc2)n1.Cc1ccnc(-c2[c-]cc(-c3ccccc3)cc2)c1.Cc1ccnc(-c2ccc(-c3ccccc3)cc2)c1.O=S(=O)(O)C(F)(F)F.[Ir].[Ir].[c-]1ccccc1-c1ccccn1. The van der Waals surface area contributed by atoms with Crippen LogP contribution in [0.25, 0.3) is 78.5 Å². The zero-order chi connectivity index (χ0) is 63.6. The number of hydrogen-bond acceptors (Lipinski definition) is 9. The topological polar surface area (TPSA) is 159 Å². The summed E-state index contributed by atoms with van der Waals surface area (Å²) in [6.07, 6.45) is 5.48. The Labute approximate surface area is 561 Å². The first-order valence-corrected chi connectivity index (χ1v) is 28.7. The Balaban J connectivity index is 0.000000372. The number of pyridine rings is 5. The fourth-order valence-electron chi connectivity index (χ4n) is 7.80. The molecule has 0 aliphatic carbocycles. The number of benzene rings is 7. The molecule has 0 amide bonds. The van der Waals surface area contributed by atoms with Gasteiger partial charge in [-0.15, -0.1) is 138 Å². The summed E-state index contributed by atoms with van der Waals surface area (Å²) in [5, 5.41) is 14.0. The molecule has 2 radical (unpaired) electrons. The predicted octanol–water partition coefficient (Wildman–Crippen LogP) is 17.8. The molecular formula is C75H70F3Ir2N5O5S-4. The summed E-state index contributed by atoms with van der Waals surface area (Å²) < 4.78 is 57.5. The number of hydrogen-bond donors (Lipinski definition) is 3. The Morgan fingerprint density at radius 2 is 0.714 bits per heavy atom. The van der Waals surface area contributed by atoms with E-state index in [1.54, 1.807) is 6.20 Å². The van der Waals surface area contributed by atoms with Crippen molar-refractivity contribution in [2.24, 2.45) is 0 Å². The minimum Gasteiger partial charge on any atom is -0.400 e. The van der Waals surface area contributed by atoms with Crippen molar-refractivity contribution >= 4 is 10.1 Å². The van der Waals surface area contributed by atoms with Crippen LogP contribution in [0.5, 0.6) is 0 Å². The van der Waals surface area contributed by atoms with Gasteiger partial charge in [0.1, 0.15) is 0 Å². The quantitative estimate of drug-likeness (QED) is 0.0796. The minimum absolute atomic E-state index is 0. The Kier molecular flexibility index (Phi) is 36.4. The van der Waals surface area contributed by atoms with E-state index in [-0.39, 0.29) is 47.6 Å². The average Bonchev–Trinajstić information content (AvgIpc) is 3.75. The van der Waals surface area contributed by atoms with Crippen LogP contribution < -0.4 is 0 Å². The standard InChI is InChI=1S/C18H15N.C18H14N.2C12H10N.C11H8N.CHF3O3S.2CH4O.CH4.2Ir/c2*1-14-11-12-19-18(13-14)17-9-7-16(8-10-17)15-5-3-2-4-6-15;2*1-10-6-5-9-12(13-10)11-7-3-2-4-8-11;1-2-6-10(7-3-1)11-8-4-5-9-12-11;2-1(3,4)8(5,6)7;2*1-2;;;/h2-13H,1H3;2-9,11-13H,1H3;2*2-7,9H,1H3;1-6,8-9H;(H,5,6,7);2*2H,1H3;1H4;;/q;4*-1;;;;;;. The molecular weight excluding hydrogens is 1520 g/mol. The molecule has 5 aromatic heterocycles. The van der Waals surface area contributed by atoms with Gasteiger partial charge in [-0.2, -0.15) is 21.6 Å². The molecule has 474 valence electrons. The third kappa shape index (κ3) is 27.5. The van der Waals surface area contributed by atoms with E-state index in [2.05, 4.69) is 148 Å². The first-order chi connectivity index (χ1) is 42.6. The fourth-order valence-corrected chi connectivity index (χ4v) is 7.80. The number of aliphatic hydroxyl groups is 2. The van der Waals surface area contributed by atoms with Gasteiger partial charge in [0, 0.05) is 90.0 Å². The number of nitrogens with zero attached hydrogens (tertiary/aromatic N) is 5. The molecule has 0 fully saturated rings. The van der Waals surface area contributed by atoms with Crippen LogP contribution >= 0.6 is 0 Å². The minimum atomic E-state index is -5.84. The van der Waals surface area contributed by atoms with Gasteiger partial charge in [-0.3, -0.25) is 9.54 Å². The molecule has 0 saturated heterocycles. The molecule has 7 aromatic carbocycles. The summed E-state index contributed by atoms with van der Waals surface area (Å²) >= 11 is 0. The van der Waals surface area contributed by atoms with E-state index in [1.807, 2.05) is 196 Å². The van der Waals surface area contributed by atoms with E-state index in [9.17, 15) is 13.2 Å². The average molecular weight is 1590 g/mol. The third-order valence-electron chi connectivity index (χ3n) is 12.0. The normalized spacial score (nSPS) is 9.80. The van der Waals surface area contributed by atoms with E-state index in [0.29, 0.717) is 0 Å². The maximum Gasteiger partial charge on any atom is 0.522 e. The molecule has 5 heterocycles. The van der Waals surface area contributed by atoms with Crippen molar-refractivity contribution in [1.82, 2.24) is 24.9 Å². The fraction of sp³-hybridized carbons (Fsp3) is 0.107. The monoisotopic (exact) mass is 1600 g/mol. The van der Waals surface area contributed by atoms with Crippen LogP contribution in [0, 0.1) is 52.0 Å². The molecule has 16 heteroatoms. The van der Waals surface area contributed by atoms with Gasteiger partial charge < -0.3 is 30.1 Å². The van der Waals surface area contributed by atoms with Crippen LogP contribution in [-0.2, 0) is 50.3 Å². The summed E-state index contributed by atoms with van der Waals surface area (Å²) in [7, 11) is -3.84. The number of rotatable bonds is 7. The van der Waals surface area contributed by atoms with Gasteiger partial charge in [-0.25, -0.2) is 0 Å². The van der Waals surface area contributed by atoms with E-state index < -0.39 is 15.6 Å². The molecule has 0 spiro atoms. The Hall–Kier alpha value is -8.79. The van der Waals surface area contributed by atoms with Gasteiger partial charge >= 0.3 is 15.6 Å². The van der Waals surface area contributed by atoms with Crippen molar-refractivity contribution in [2.75, 3.05) is 14.2 Å². The van der Waals surface area contributed by atoms with Crippen molar-refractivity contribution in [1.29, 1.82) is 0 Å². The summed E-state index contributed by atoms with van der Waals surface area (Å²) in [5.41, 5.74) is 14.1. The van der Waals surface area contributed by atoms with Crippen molar-refractivity contribution in [3.63, 3.8) is 0 Å². The third-order valence-corrected chi connectivity index (χ3v) is 12.6.